The van der Waals surface area contributed by atoms with Crippen LogP contribution in [0.2, 0.25) is 0 Å². The quantitative estimate of drug-likeness (QED) is 0.711. The minimum Gasteiger partial charge on any atom is -0.378 e. The van der Waals surface area contributed by atoms with Crippen LogP contribution in [0.5, 0.6) is 0 Å². The minimum atomic E-state index is 0.821. The van der Waals surface area contributed by atoms with E-state index in [-0.39, 0.29) is 0 Å². The summed E-state index contributed by atoms with van der Waals surface area (Å²) in [6.07, 6.45) is 0. The molecule has 2 rings (SSSR count). The van der Waals surface area contributed by atoms with E-state index in [4.69, 9.17) is 4.74 Å². The van der Waals surface area contributed by atoms with Crippen LogP contribution in [0.4, 0.5) is 5.69 Å². The highest BCUT2D eigenvalue weighted by atomic mass is 32.1. The summed E-state index contributed by atoms with van der Waals surface area (Å²) in [5.41, 5.74) is 2.51. The number of aryl methyl sites for hydroxylation is 1. The van der Waals surface area contributed by atoms with Gasteiger partial charge < -0.3 is 9.64 Å². The fourth-order valence-electron chi connectivity index (χ4n) is 1.69. The van der Waals surface area contributed by atoms with Gasteiger partial charge in [0.25, 0.3) is 0 Å². The molecule has 0 aliphatic carbocycles. The minimum absolute atomic E-state index is 0.821. The molecule has 0 amide bonds. The first-order valence-electron chi connectivity index (χ1n) is 4.90. The lowest BCUT2D eigenvalue weighted by molar-refractivity contribution is 0.122. The molecule has 0 spiro atoms. The molecule has 1 heterocycles. The predicted octanol–water partition coefficient (Wildman–Crippen LogP) is 2.12. The van der Waals surface area contributed by atoms with Crippen molar-refractivity contribution < 1.29 is 4.74 Å². The van der Waals surface area contributed by atoms with Crippen molar-refractivity contribution in [3.05, 3.63) is 23.8 Å². The number of rotatable bonds is 1. The molecule has 2 nitrogen and oxygen atoms in total. The topological polar surface area (TPSA) is 12.5 Å². The molecule has 1 aliphatic rings. The molecule has 0 N–H and O–H groups in total. The Bertz CT molecular complexity index is 321. The Kier molecular flexibility index (Phi) is 2.99. The predicted molar refractivity (Wildman–Crippen MR) is 61.5 cm³/mol. The van der Waals surface area contributed by atoms with Gasteiger partial charge in [-0.3, -0.25) is 0 Å². The lowest BCUT2D eigenvalue weighted by Gasteiger charge is -2.30. The first-order valence-corrected chi connectivity index (χ1v) is 5.34. The Morgan fingerprint density at radius 1 is 1.29 bits per heavy atom. The zero-order chi connectivity index (χ0) is 9.97. The standard InChI is InChI=1S/C11H15NOS/c1-9-2-3-11(14)10(8-9)12-4-6-13-7-5-12/h2-3,8,14H,4-7H2,1H3. The van der Waals surface area contributed by atoms with Crippen LogP contribution in [0.15, 0.2) is 23.1 Å². The first-order chi connectivity index (χ1) is 6.77. The summed E-state index contributed by atoms with van der Waals surface area (Å²) < 4.78 is 5.32. The second-order valence-corrected chi connectivity index (χ2v) is 4.07. The second kappa shape index (κ2) is 4.24. The van der Waals surface area contributed by atoms with Crippen LogP contribution in [0.25, 0.3) is 0 Å². The van der Waals surface area contributed by atoms with Crippen molar-refractivity contribution in [1.82, 2.24) is 0 Å². The van der Waals surface area contributed by atoms with Gasteiger partial charge in [0.2, 0.25) is 0 Å². The molecule has 1 fully saturated rings. The number of ether oxygens (including phenoxy) is 1. The van der Waals surface area contributed by atoms with E-state index in [0.717, 1.165) is 31.2 Å². The zero-order valence-electron chi connectivity index (χ0n) is 8.36. The molecule has 14 heavy (non-hydrogen) atoms. The number of nitrogens with zero attached hydrogens (tertiary/aromatic N) is 1. The van der Waals surface area contributed by atoms with Gasteiger partial charge in [0.1, 0.15) is 0 Å². The third-order valence-corrected chi connectivity index (χ3v) is 2.86. The van der Waals surface area contributed by atoms with Gasteiger partial charge in [0, 0.05) is 18.0 Å². The fourth-order valence-corrected chi connectivity index (χ4v) is 1.97. The normalized spacial score (nSPS) is 17.1. The van der Waals surface area contributed by atoms with Gasteiger partial charge in [-0.1, -0.05) is 6.07 Å². The molecular formula is C11H15NOS. The highest BCUT2D eigenvalue weighted by Crippen LogP contribution is 2.25. The molecular weight excluding hydrogens is 194 g/mol. The Morgan fingerprint density at radius 2 is 2.00 bits per heavy atom. The van der Waals surface area contributed by atoms with Crippen molar-refractivity contribution in [3.8, 4) is 0 Å². The third kappa shape index (κ3) is 2.04. The van der Waals surface area contributed by atoms with Crippen molar-refractivity contribution in [2.45, 2.75) is 11.8 Å². The molecule has 3 heteroatoms. The van der Waals surface area contributed by atoms with E-state index < -0.39 is 0 Å². The van der Waals surface area contributed by atoms with Crippen LogP contribution in [-0.4, -0.2) is 26.3 Å². The average molecular weight is 209 g/mol. The smallest absolute Gasteiger partial charge is 0.0642 e. The number of hydrogen-bond acceptors (Lipinski definition) is 3. The van der Waals surface area contributed by atoms with Gasteiger partial charge in [-0.25, -0.2) is 0 Å². The number of thiol groups is 1. The SMILES string of the molecule is Cc1ccc(S)c(N2CCOCC2)c1. The van der Waals surface area contributed by atoms with E-state index in [0.29, 0.717) is 0 Å². The number of benzene rings is 1. The molecule has 1 aromatic carbocycles. The zero-order valence-corrected chi connectivity index (χ0v) is 9.26. The fraction of sp³-hybridized carbons (Fsp3) is 0.455. The Hall–Kier alpha value is -0.670. The van der Waals surface area contributed by atoms with E-state index in [9.17, 15) is 0 Å². The molecule has 0 saturated carbocycles. The molecule has 0 atom stereocenters. The summed E-state index contributed by atoms with van der Waals surface area (Å²) in [5.74, 6) is 0. The first kappa shape index (κ1) is 9.87. The van der Waals surface area contributed by atoms with Gasteiger partial charge in [0.05, 0.1) is 18.9 Å². The maximum atomic E-state index is 5.32. The van der Waals surface area contributed by atoms with E-state index in [1.165, 1.54) is 11.3 Å². The monoisotopic (exact) mass is 209 g/mol. The lowest BCUT2D eigenvalue weighted by atomic mass is 10.2. The largest absolute Gasteiger partial charge is 0.378 e. The molecule has 0 aromatic heterocycles. The number of hydrogen-bond donors (Lipinski definition) is 1. The number of anilines is 1. The summed E-state index contributed by atoms with van der Waals surface area (Å²) in [6.45, 7) is 5.69. The van der Waals surface area contributed by atoms with Crippen molar-refractivity contribution >= 4 is 18.3 Å². The highest BCUT2D eigenvalue weighted by Gasteiger charge is 2.13. The molecule has 0 unspecified atom stereocenters. The maximum Gasteiger partial charge on any atom is 0.0642 e. The second-order valence-electron chi connectivity index (χ2n) is 3.59. The summed E-state index contributed by atoms with van der Waals surface area (Å²) in [5, 5.41) is 0. The van der Waals surface area contributed by atoms with Gasteiger partial charge in [0.15, 0.2) is 0 Å². The van der Waals surface area contributed by atoms with Crippen molar-refractivity contribution in [2.75, 3.05) is 31.2 Å². The van der Waals surface area contributed by atoms with Crippen molar-refractivity contribution in [3.63, 3.8) is 0 Å². The van der Waals surface area contributed by atoms with Crippen LogP contribution in [-0.2, 0) is 4.74 Å². The van der Waals surface area contributed by atoms with E-state index in [2.05, 4.69) is 42.7 Å². The molecule has 1 aromatic rings. The van der Waals surface area contributed by atoms with Gasteiger partial charge in [-0.2, -0.15) is 0 Å². The van der Waals surface area contributed by atoms with Crippen LogP contribution in [0.3, 0.4) is 0 Å². The van der Waals surface area contributed by atoms with E-state index >= 15 is 0 Å². The lowest BCUT2D eigenvalue weighted by Crippen LogP contribution is -2.36. The summed E-state index contributed by atoms with van der Waals surface area (Å²) in [4.78, 5) is 3.39. The summed E-state index contributed by atoms with van der Waals surface area (Å²) >= 11 is 4.47. The van der Waals surface area contributed by atoms with E-state index in [1.54, 1.807) is 0 Å². The summed E-state index contributed by atoms with van der Waals surface area (Å²) in [6, 6.07) is 6.34. The molecule has 1 aliphatic heterocycles. The maximum absolute atomic E-state index is 5.32. The van der Waals surface area contributed by atoms with Gasteiger partial charge in [-0.15, -0.1) is 12.6 Å². The average Bonchev–Trinajstić information content (AvgIpc) is 2.23. The Balaban J connectivity index is 2.24. The van der Waals surface area contributed by atoms with Crippen molar-refractivity contribution in [1.29, 1.82) is 0 Å². The Labute approximate surface area is 90.3 Å². The molecule has 0 radical (unpaired) electrons. The summed E-state index contributed by atoms with van der Waals surface area (Å²) in [7, 11) is 0. The molecule has 0 bridgehead atoms. The van der Waals surface area contributed by atoms with E-state index in [1.807, 2.05) is 0 Å². The van der Waals surface area contributed by atoms with Gasteiger partial charge >= 0.3 is 0 Å². The number of morpholine rings is 1. The van der Waals surface area contributed by atoms with Crippen LogP contribution >= 0.6 is 12.6 Å². The van der Waals surface area contributed by atoms with Crippen LogP contribution < -0.4 is 4.90 Å². The molecule has 1 saturated heterocycles. The Morgan fingerprint density at radius 3 is 2.71 bits per heavy atom. The third-order valence-electron chi connectivity index (χ3n) is 2.48. The van der Waals surface area contributed by atoms with Crippen molar-refractivity contribution in [2.24, 2.45) is 0 Å². The van der Waals surface area contributed by atoms with Crippen LogP contribution in [0, 0.1) is 6.92 Å². The highest BCUT2D eigenvalue weighted by molar-refractivity contribution is 7.80. The van der Waals surface area contributed by atoms with Crippen LogP contribution in [0.1, 0.15) is 5.56 Å². The molecule has 76 valence electrons. The van der Waals surface area contributed by atoms with Gasteiger partial charge in [-0.05, 0) is 24.6 Å².